The van der Waals surface area contributed by atoms with Gasteiger partial charge >= 0.3 is 5.97 Å². The molecular weight excluding hydrogens is 288 g/mol. The molecule has 0 bridgehead atoms. The van der Waals surface area contributed by atoms with Crippen molar-refractivity contribution >= 4 is 27.8 Å². The van der Waals surface area contributed by atoms with Gasteiger partial charge in [-0.1, -0.05) is 0 Å². The van der Waals surface area contributed by atoms with Gasteiger partial charge in [0.25, 0.3) is 5.91 Å². The largest absolute Gasteiger partial charge is 0.480 e. The van der Waals surface area contributed by atoms with E-state index in [-0.39, 0.29) is 5.91 Å². The van der Waals surface area contributed by atoms with Gasteiger partial charge < -0.3 is 15.0 Å². The van der Waals surface area contributed by atoms with Crippen LogP contribution in [0.2, 0.25) is 0 Å². The maximum Gasteiger partial charge on any atom is 0.325 e. The zero-order valence-electron chi connectivity index (χ0n) is 9.31. The maximum absolute atomic E-state index is 11.9. The van der Waals surface area contributed by atoms with Crippen molar-refractivity contribution in [3.8, 4) is 0 Å². The molecule has 17 heavy (non-hydrogen) atoms. The van der Waals surface area contributed by atoms with Crippen LogP contribution < -0.4 is 5.32 Å². The third-order valence-electron chi connectivity index (χ3n) is 2.71. The van der Waals surface area contributed by atoms with Gasteiger partial charge in [-0.2, -0.15) is 0 Å². The molecule has 1 aromatic rings. The molecule has 1 amide bonds. The van der Waals surface area contributed by atoms with Gasteiger partial charge in [0.05, 0.1) is 0 Å². The smallest absolute Gasteiger partial charge is 0.325 e. The van der Waals surface area contributed by atoms with Gasteiger partial charge in [0.15, 0.2) is 0 Å². The Morgan fingerprint density at radius 3 is 2.76 bits per heavy atom. The lowest BCUT2D eigenvalue weighted by Crippen LogP contribution is -2.39. The van der Waals surface area contributed by atoms with E-state index >= 15 is 0 Å². The molecule has 2 N–H and O–H groups in total. The third kappa shape index (κ3) is 2.69. The van der Waals surface area contributed by atoms with Gasteiger partial charge in [-0.3, -0.25) is 9.59 Å². The Labute approximate surface area is 107 Å². The highest BCUT2D eigenvalue weighted by atomic mass is 79.9. The molecular formula is C11H13BrN2O3. The molecule has 1 aliphatic carbocycles. The lowest BCUT2D eigenvalue weighted by molar-refractivity contribution is -0.138. The molecule has 1 heterocycles. The van der Waals surface area contributed by atoms with Gasteiger partial charge in [-0.25, -0.2) is 0 Å². The minimum Gasteiger partial charge on any atom is -0.480 e. The number of carboxylic acid groups (broad SMARTS) is 1. The number of rotatable bonds is 4. The van der Waals surface area contributed by atoms with Crippen LogP contribution in [-0.2, 0) is 4.79 Å². The minimum atomic E-state index is -1.04. The Hall–Kier alpha value is -1.30. The van der Waals surface area contributed by atoms with Crippen LogP contribution in [0.25, 0.3) is 0 Å². The molecule has 1 fully saturated rings. The van der Waals surface area contributed by atoms with E-state index in [1.165, 1.54) is 6.92 Å². The lowest BCUT2D eigenvalue weighted by atomic mass is 10.3. The van der Waals surface area contributed by atoms with E-state index in [1.807, 2.05) is 10.8 Å². The number of aromatic nitrogens is 1. The van der Waals surface area contributed by atoms with Gasteiger partial charge in [0, 0.05) is 16.7 Å². The van der Waals surface area contributed by atoms with Crippen molar-refractivity contribution < 1.29 is 14.7 Å². The quantitative estimate of drug-likeness (QED) is 0.890. The monoisotopic (exact) mass is 300 g/mol. The van der Waals surface area contributed by atoms with Gasteiger partial charge in [-0.15, -0.1) is 0 Å². The van der Waals surface area contributed by atoms with E-state index in [4.69, 9.17) is 5.11 Å². The Kier molecular flexibility index (Phi) is 3.24. The molecule has 1 aromatic heterocycles. The van der Waals surface area contributed by atoms with Crippen molar-refractivity contribution in [2.45, 2.75) is 31.8 Å². The summed E-state index contributed by atoms with van der Waals surface area (Å²) in [4.78, 5) is 22.6. The fourth-order valence-electron chi connectivity index (χ4n) is 1.61. The Bertz CT molecular complexity index is 465. The summed E-state index contributed by atoms with van der Waals surface area (Å²) in [6, 6.07) is 1.20. The second-order valence-electron chi connectivity index (χ2n) is 4.22. The standard InChI is InChI=1S/C11H13BrN2O3/c1-6(11(16)17)13-10(15)9-4-7(12)5-14(9)8-2-3-8/h4-6,8H,2-3H2,1H3,(H,13,15)(H,16,17)/t6-/m1/s1. The van der Waals surface area contributed by atoms with Crippen molar-refractivity contribution in [2.75, 3.05) is 0 Å². The summed E-state index contributed by atoms with van der Waals surface area (Å²) in [5.41, 5.74) is 0.507. The van der Waals surface area contributed by atoms with Crippen LogP contribution in [0.5, 0.6) is 0 Å². The first-order chi connectivity index (χ1) is 7.99. The van der Waals surface area contributed by atoms with Crippen molar-refractivity contribution in [3.63, 3.8) is 0 Å². The number of aliphatic carboxylic acids is 1. The summed E-state index contributed by atoms with van der Waals surface area (Å²) in [5, 5.41) is 11.2. The summed E-state index contributed by atoms with van der Waals surface area (Å²) in [5.74, 6) is -1.39. The summed E-state index contributed by atoms with van der Waals surface area (Å²) in [7, 11) is 0. The molecule has 1 aliphatic rings. The molecule has 0 radical (unpaired) electrons. The minimum absolute atomic E-state index is 0.350. The van der Waals surface area contributed by atoms with Gasteiger partial charge in [0.1, 0.15) is 11.7 Å². The average molecular weight is 301 g/mol. The third-order valence-corrected chi connectivity index (χ3v) is 3.14. The molecule has 0 aromatic carbocycles. The Morgan fingerprint density at radius 1 is 1.59 bits per heavy atom. The zero-order chi connectivity index (χ0) is 12.6. The van der Waals surface area contributed by atoms with Crippen LogP contribution in [-0.4, -0.2) is 27.6 Å². The number of carboxylic acids is 1. The molecule has 6 heteroatoms. The van der Waals surface area contributed by atoms with Crippen LogP contribution >= 0.6 is 15.9 Å². The second-order valence-corrected chi connectivity index (χ2v) is 5.13. The second kappa shape index (κ2) is 4.52. The number of halogens is 1. The molecule has 0 saturated heterocycles. The molecule has 1 atom stereocenters. The molecule has 0 spiro atoms. The maximum atomic E-state index is 11.9. The summed E-state index contributed by atoms with van der Waals surface area (Å²) < 4.78 is 2.73. The van der Waals surface area contributed by atoms with Crippen LogP contribution in [0.4, 0.5) is 0 Å². The summed E-state index contributed by atoms with van der Waals surface area (Å²) >= 11 is 3.33. The summed E-state index contributed by atoms with van der Waals surface area (Å²) in [6.07, 6.45) is 3.99. The molecule has 0 unspecified atom stereocenters. The first-order valence-corrected chi connectivity index (χ1v) is 6.19. The molecule has 92 valence electrons. The van der Waals surface area contributed by atoms with Crippen LogP contribution in [0.15, 0.2) is 16.7 Å². The van der Waals surface area contributed by atoms with E-state index in [2.05, 4.69) is 21.2 Å². The Morgan fingerprint density at radius 2 is 2.24 bits per heavy atom. The van der Waals surface area contributed by atoms with Crippen molar-refractivity contribution in [1.82, 2.24) is 9.88 Å². The highest BCUT2D eigenvalue weighted by molar-refractivity contribution is 9.10. The normalized spacial score (nSPS) is 16.6. The SMILES string of the molecule is C[C@@H](NC(=O)c1cc(Br)cn1C1CC1)C(=O)O. The molecule has 5 nitrogen and oxygen atoms in total. The average Bonchev–Trinajstić information content (AvgIpc) is 3.01. The van der Waals surface area contributed by atoms with Gasteiger partial charge in [0.2, 0.25) is 0 Å². The predicted molar refractivity (Wildman–Crippen MR) is 65.0 cm³/mol. The fraction of sp³-hybridized carbons (Fsp3) is 0.455. The molecule has 1 saturated carbocycles. The van der Waals surface area contributed by atoms with Crippen LogP contribution in [0.1, 0.15) is 36.3 Å². The van der Waals surface area contributed by atoms with E-state index in [0.717, 1.165) is 17.3 Å². The zero-order valence-corrected chi connectivity index (χ0v) is 10.9. The molecule has 0 aliphatic heterocycles. The van der Waals surface area contributed by atoms with E-state index in [1.54, 1.807) is 6.07 Å². The van der Waals surface area contributed by atoms with Crippen LogP contribution in [0, 0.1) is 0 Å². The first-order valence-electron chi connectivity index (χ1n) is 5.40. The Balaban J connectivity index is 2.15. The van der Waals surface area contributed by atoms with Crippen LogP contribution in [0.3, 0.4) is 0 Å². The van der Waals surface area contributed by atoms with Gasteiger partial charge in [-0.05, 0) is 41.8 Å². The highest BCUT2D eigenvalue weighted by Gasteiger charge is 2.28. The van der Waals surface area contributed by atoms with E-state index in [9.17, 15) is 9.59 Å². The molecule has 2 rings (SSSR count). The van der Waals surface area contributed by atoms with Crippen molar-refractivity contribution in [1.29, 1.82) is 0 Å². The number of carbonyl (C=O) groups excluding carboxylic acids is 1. The predicted octanol–water partition coefficient (Wildman–Crippen LogP) is 1.79. The number of hydrogen-bond acceptors (Lipinski definition) is 2. The lowest BCUT2D eigenvalue weighted by Gasteiger charge is -2.11. The highest BCUT2D eigenvalue weighted by Crippen LogP contribution is 2.37. The number of amides is 1. The fourth-order valence-corrected chi connectivity index (χ4v) is 2.05. The van der Waals surface area contributed by atoms with E-state index in [0.29, 0.717) is 11.7 Å². The van der Waals surface area contributed by atoms with E-state index < -0.39 is 12.0 Å². The van der Waals surface area contributed by atoms with Crippen molar-refractivity contribution in [3.05, 3.63) is 22.4 Å². The van der Waals surface area contributed by atoms with Crippen molar-refractivity contribution in [2.24, 2.45) is 0 Å². The number of carbonyl (C=O) groups is 2. The first kappa shape index (κ1) is 12.2. The number of nitrogens with zero attached hydrogens (tertiary/aromatic N) is 1. The number of hydrogen-bond donors (Lipinski definition) is 2. The topological polar surface area (TPSA) is 71.3 Å². The summed E-state index contributed by atoms with van der Waals surface area (Å²) in [6.45, 7) is 1.44. The number of nitrogens with one attached hydrogen (secondary N) is 1.